The highest BCUT2D eigenvalue weighted by Crippen LogP contribution is 2.32. The van der Waals surface area contributed by atoms with Crippen LogP contribution in [0.25, 0.3) is 0 Å². The molecule has 0 saturated carbocycles. The van der Waals surface area contributed by atoms with Crippen LogP contribution in [0.2, 0.25) is 0 Å². The standard InChI is InChI=1S/C12H15Br2N3O/c1-16-2-4-17(5-3-16)15-8-9-6-10(13)12(18)11(14)7-9/h6-8,18H,2-5H2,1H3/b15-8+. The monoisotopic (exact) mass is 375 g/mol. The van der Waals surface area contributed by atoms with Crippen molar-refractivity contribution >= 4 is 38.1 Å². The average molecular weight is 377 g/mol. The van der Waals surface area contributed by atoms with Crippen LogP contribution < -0.4 is 0 Å². The van der Waals surface area contributed by atoms with Crippen LogP contribution in [0.1, 0.15) is 5.56 Å². The lowest BCUT2D eigenvalue weighted by atomic mass is 10.2. The number of nitrogens with zero attached hydrogens (tertiary/aromatic N) is 3. The number of phenolic OH excluding ortho intramolecular Hbond substituents is 1. The summed E-state index contributed by atoms with van der Waals surface area (Å²) < 4.78 is 1.33. The fraction of sp³-hybridized carbons (Fsp3) is 0.417. The van der Waals surface area contributed by atoms with Gasteiger partial charge in [0.1, 0.15) is 5.75 Å². The maximum absolute atomic E-state index is 9.62. The van der Waals surface area contributed by atoms with Gasteiger partial charge < -0.3 is 10.0 Å². The number of hydrazone groups is 1. The molecule has 0 aliphatic carbocycles. The van der Waals surface area contributed by atoms with E-state index in [4.69, 9.17) is 0 Å². The summed E-state index contributed by atoms with van der Waals surface area (Å²) >= 11 is 6.62. The first-order valence-corrected chi connectivity index (χ1v) is 7.30. The third-order valence-electron chi connectivity index (χ3n) is 2.89. The van der Waals surface area contributed by atoms with Crippen LogP contribution in [0.4, 0.5) is 0 Å². The molecule has 1 fully saturated rings. The fourth-order valence-electron chi connectivity index (χ4n) is 1.72. The van der Waals surface area contributed by atoms with E-state index in [1.807, 2.05) is 18.3 Å². The van der Waals surface area contributed by atoms with E-state index in [-0.39, 0.29) is 5.75 Å². The van der Waals surface area contributed by atoms with Crippen molar-refractivity contribution in [2.75, 3.05) is 33.2 Å². The van der Waals surface area contributed by atoms with Crippen LogP contribution in [-0.4, -0.2) is 54.5 Å². The van der Waals surface area contributed by atoms with Gasteiger partial charge in [0.15, 0.2) is 0 Å². The normalized spacial score (nSPS) is 17.6. The number of hydrogen-bond acceptors (Lipinski definition) is 4. The molecule has 6 heteroatoms. The van der Waals surface area contributed by atoms with Gasteiger partial charge in [0.05, 0.1) is 15.2 Å². The van der Waals surface area contributed by atoms with Crippen molar-refractivity contribution in [2.24, 2.45) is 5.10 Å². The van der Waals surface area contributed by atoms with Gasteiger partial charge in [-0.1, -0.05) is 0 Å². The van der Waals surface area contributed by atoms with Gasteiger partial charge >= 0.3 is 0 Å². The number of piperazine rings is 1. The molecular formula is C12H15Br2N3O. The van der Waals surface area contributed by atoms with E-state index in [2.05, 4.69) is 53.9 Å². The number of hydrogen-bond donors (Lipinski definition) is 1. The minimum atomic E-state index is 0.215. The van der Waals surface area contributed by atoms with Crippen LogP contribution in [-0.2, 0) is 0 Å². The molecule has 18 heavy (non-hydrogen) atoms. The maximum atomic E-state index is 9.62. The van der Waals surface area contributed by atoms with E-state index in [9.17, 15) is 5.11 Å². The molecule has 0 spiro atoms. The zero-order chi connectivity index (χ0) is 13.1. The first-order valence-electron chi connectivity index (χ1n) is 5.72. The van der Waals surface area contributed by atoms with Gasteiger partial charge in [-0.25, -0.2) is 0 Å². The Labute approximate surface area is 124 Å². The number of halogens is 2. The summed E-state index contributed by atoms with van der Waals surface area (Å²) in [6.45, 7) is 3.99. The zero-order valence-electron chi connectivity index (χ0n) is 10.1. The molecule has 0 bridgehead atoms. The predicted molar refractivity (Wildman–Crippen MR) is 80.2 cm³/mol. The fourth-order valence-corrected chi connectivity index (χ4v) is 2.94. The highest BCUT2D eigenvalue weighted by Gasteiger charge is 2.11. The molecule has 1 aromatic rings. The molecule has 1 aliphatic rings. The molecule has 1 saturated heterocycles. The lowest BCUT2D eigenvalue weighted by molar-refractivity contribution is 0.159. The molecule has 0 radical (unpaired) electrons. The van der Waals surface area contributed by atoms with Crippen molar-refractivity contribution in [3.05, 3.63) is 26.6 Å². The molecule has 98 valence electrons. The van der Waals surface area contributed by atoms with E-state index < -0.39 is 0 Å². The Kier molecular flexibility index (Phi) is 4.64. The molecule has 1 aliphatic heterocycles. The summed E-state index contributed by atoms with van der Waals surface area (Å²) in [7, 11) is 2.12. The smallest absolute Gasteiger partial charge is 0.143 e. The molecule has 0 unspecified atom stereocenters. The Hall–Kier alpha value is -0.590. The Bertz CT molecular complexity index is 434. The number of benzene rings is 1. The van der Waals surface area contributed by atoms with Gasteiger partial charge in [-0.05, 0) is 56.6 Å². The summed E-state index contributed by atoms with van der Waals surface area (Å²) in [4.78, 5) is 2.29. The lowest BCUT2D eigenvalue weighted by Gasteiger charge is -2.30. The second-order valence-electron chi connectivity index (χ2n) is 4.33. The largest absolute Gasteiger partial charge is 0.506 e. The number of rotatable bonds is 2. The minimum absolute atomic E-state index is 0.215. The van der Waals surface area contributed by atoms with Crippen LogP contribution in [0.3, 0.4) is 0 Å². The summed E-state index contributed by atoms with van der Waals surface area (Å²) in [6.07, 6.45) is 1.82. The summed E-state index contributed by atoms with van der Waals surface area (Å²) in [6, 6.07) is 3.69. The SMILES string of the molecule is CN1CCN(/N=C/c2cc(Br)c(O)c(Br)c2)CC1. The van der Waals surface area contributed by atoms with Crippen molar-refractivity contribution in [2.45, 2.75) is 0 Å². The van der Waals surface area contributed by atoms with Gasteiger partial charge in [0.25, 0.3) is 0 Å². The number of likely N-dealkylation sites (N-methyl/N-ethyl adjacent to an activating group) is 1. The zero-order valence-corrected chi connectivity index (χ0v) is 13.3. The summed E-state index contributed by atoms with van der Waals surface area (Å²) in [5, 5.41) is 16.1. The number of aromatic hydroxyl groups is 1. The second-order valence-corrected chi connectivity index (χ2v) is 6.04. The molecule has 2 rings (SSSR count). The Morgan fingerprint density at radius 3 is 2.28 bits per heavy atom. The van der Waals surface area contributed by atoms with Crippen molar-refractivity contribution in [3.63, 3.8) is 0 Å². The van der Waals surface area contributed by atoms with E-state index in [0.29, 0.717) is 8.95 Å². The lowest BCUT2D eigenvalue weighted by Crippen LogP contribution is -2.41. The predicted octanol–water partition coefficient (Wildman–Crippen LogP) is 2.50. The molecule has 1 aromatic carbocycles. The molecule has 4 nitrogen and oxygen atoms in total. The summed E-state index contributed by atoms with van der Waals surface area (Å²) in [5.41, 5.74) is 0.950. The van der Waals surface area contributed by atoms with Crippen LogP contribution in [0.5, 0.6) is 5.75 Å². The highest BCUT2D eigenvalue weighted by atomic mass is 79.9. The Balaban J connectivity index is 2.05. The van der Waals surface area contributed by atoms with E-state index in [1.165, 1.54) is 0 Å². The average Bonchev–Trinajstić information content (AvgIpc) is 2.35. The van der Waals surface area contributed by atoms with Gasteiger partial charge in [0, 0.05) is 26.2 Å². The quantitative estimate of drug-likeness (QED) is 0.806. The van der Waals surface area contributed by atoms with Crippen LogP contribution in [0, 0.1) is 0 Å². The first kappa shape index (κ1) is 13.8. The molecule has 0 aromatic heterocycles. The minimum Gasteiger partial charge on any atom is -0.506 e. The van der Waals surface area contributed by atoms with Crippen molar-refractivity contribution in [1.29, 1.82) is 0 Å². The van der Waals surface area contributed by atoms with Gasteiger partial charge in [-0.15, -0.1) is 0 Å². The molecule has 1 N–H and O–H groups in total. The topological polar surface area (TPSA) is 39.1 Å². The number of phenols is 1. The second kappa shape index (κ2) is 6.04. The van der Waals surface area contributed by atoms with Crippen LogP contribution >= 0.6 is 31.9 Å². The van der Waals surface area contributed by atoms with Crippen molar-refractivity contribution in [3.8, 4) is 5.75 Å². The van der Waals surface area contributed by atoms with E-state index in [0.717, 1.165) is 31.7 Å². The molecular weight excluding hydrogens is 362 g/mol. The molecule has 0 amide bonds. The van der Waals surface area contributed by atoms with E-state index >= 15 is 0 Å². The third-order valence-corrected chi connectivity index (χ3v) is 4.10. The Morgan fingerprint density at radius 1 is 1.17 bits per heavy atom. The van der Waals surface area contributed by atoms with Crippen LogP contribution in [0.15, 0.2) is 26.2 Å². The molecule has 1 heterocycles. The highest BCUT2D eigenvalue weighted by molar-refractivity contribution is 9.11. The Morgan fingerprint density at radius 2 is 1.72 bits per heavy atom. The first-order chi connectivity index (χ1) is 8.56. The van der Waals surface area contributed by atoms with E-state index in [1.54, 1.807) is 0 Å². The van der Waals surface area contributed by atoms with Gasteiger partial charge in [-0.2, -0.15) is 5.10 Å². The van der Waals surface area contributed by atoms with Crippen molar-refractivity contribution < 1.29 is 5.11 Å². The van der Waals surface area contributed by atoms with Gasteiger partial charge in [0.2, 0.25) is 0 Å². The maximum Gasteiger partial charge on any atom is 0.143 e. The third kappa shape index (κ3) is 3.46. The summed E-state index contributed by atoms with van der Waals surface area (Å²) in [5.74, 6) is 0.215. The van der Waals surface area contributed by atoms with Gasteiger partial charge in [-0.3, -0.25) is 5.01 Å². The van der Waals surface area contributed by atoms with Crippen molar-refractivity contribution in [1.82, 2.24) is 9.91 Å². The molecule has 0 atom stereocenters.